The molecule has 0 saturated carbocycles. The number of aliphatic hydroxyl groups excluding tert-OH is 1. The van der Waals surface area contributed by atoms with Gasteiger partial charge in [0.15, 0.2) is 0 Å². The lowest BCUT2D eigenvalue weighted by Crippen LogP contribution is -2.33. The molecule has 3 rings (SSSR count). The third-order valence-electron chi connectivity index (χ3n) is 5.59. The zero-order chi connectivity index (χ0) is 20.8. The summed E-state index contributed by atoms with van der Waals surface area (Å²) in [6.45, 7) is 2.19. The number of methoxy groups -OCH3 is 1. The molecule has 8 nitrogen and oxygen atoms in total. The summed E-state index contributed by atoms with van der Waals surface area (Å²) in [4.78, 5) is 14.8. The van der Waals surface area contributed by atoms with Crippen LogP contribution >= 0.6 is 0 Å². The highest BCUT2D eigenvalue weighted by Gasteiger charge is 2.38. The number of rotatable bonds is 5. The van der Waals surface area contributed by atoms with E-state index in [0.717, 1.165) is 20.9 Å². The lowest BCUT2D eigenvalue weighted by molar-refractivity contribution is 0.0765. The molecule has 0 spiro atoms. The van der Waals surface area contributed by atoms with Crippen molar-refractivity contribution in [1.82, 2.24) is 13.8 Å². The second kappa shape index (κ2) is 7.38. The number of β-amino-alcohol motifs (C(OH)–C–C–N with tert-alkyl or cyclic N) is 1. The predicted molar refractivity (Wildman–Crippen MR) is 107 cm³/mol. The Bertz CT molecular complexity index is 1010. The van der Waals surface area contributed by atoms with Crippen molar-refractivity contribution in [2.24, 2.45) is 13.0 Å². The summed E-state index contributed by atoms with van der Waals surface area (Å²) in [6.07, 6.45) is -0.872. The number of benzene rings is 1. The third kappa shape index (κ3) is 3.49. The van der Waals surface area contributed by atoms with Gasteiger partial charge in [0.2, 0.25) is 10.0 Å². The Balaban J connectivity index is 1.92. The Kier molecular flexibility index (Phi) is 5.44. The predicted octanol–water partition coefficient (Wildman–Crippen LogP) is 0.820. The van der Waals surface area contributed by atoms with Crippen LogP contribution in [0.2, 0.25) is 0 Å². The van der Waals surface area contributed by atoms with Gasteiger partial charge >= 0.3 is 0 Å². The van der Waals surface area contributed by atoms with E-state index in [9.17, 15) is 18.3 Å². The number of amides is 1. The topological polar surface area (TPSA) is 92.1 Å². The molecule has 0 aliphatic carbocycles. The molecule has 0 unspecified atom stereocenters. The Hall–Kier alpha value is -2.10. The second-order valence-electron chi connectivity index (χ2n) is 7.50. The highest BCUT2D eigenvalue weighted by Crippen LogP contribution is 2.31. The van der Waals surface area contributed by atoms with E-state index >= 15 is 0 Å². The van der Waals surface area contributed by atoms with E-state index in [2.05, 4.69) is 0 Å². The standard InChI is InChI=1S/C19H27N3O5S/c1-12-18(15-8-14(27-5)6-7-16(15)21(12)4)19(24)22-9-13(17(23)10-22)11-28(25,26)20(2)3/h6-8,13,17,23H,9-11H2,1-5H3/t13-,17-/m0/s1. The van der Waals surface area contributed by atoms with Crippen LogP contribution in [-0.4, -0.2) is 79.4 Å². The van der Waals surface area contributed by atoms with Gasteiger partial charge in [0.1, 0.15) is 5.75 Å². The molecule has 1 aromatic heterocycles. The van der Waals surface area contributed by atoms with Crippen molar-refractivity contribution in [3.05, 3.63) is 29.5 Å². The number of aliphatic hydroxyl groups is 1. The average molecular weight is 410 g/mol. The van der Waals surface area contributed by atoms with Crippen LogP contribution in [0.3, 0.4) is 0 Å². The van der Waals surface area contributed by atoms with E-state index in [0.29, 0.717) is 11.3 Å². The van der Waals surface area contributed by atoms with Gasteiger partial charge in [-0.05, 0) is 25.1 Å². The van der Waals surface area contributed by atoms with Crippen molar-refractivity contribution in [3.8, 4) is 5.75 Å². The van der Waals surface area contributed by atoms with Crippen molar-refractivity contribution in [2.45, 2.75) is 13.0 Å². The van der Waals surface area contributed by atoms with E-state index in [4.69, 9.17) is 4.74 Å². The van der Waals surface area contributed by atoms with Crippen LogP contribution in [0.15, 0.2) is 18.2 Å². The van der Waals surface area contributed by atoms with Gasteiger partial charge in [0, 0.05) is 56.7 Å². The first-order valence-corrected chi connectivity index (χ1v) is 10.7. The molecule has 1 aliphatic rings. The van der Waals surface area contributed by atoms with E-state index in [-0.39, 0.29) is 24.7 Å². The molecule has 1 aromatic carbocycles. The number of likely N-dealkylation sites (tertiary alicyclic amines) is 1. The molecular formula is C19H27N3O5S. The zero-order valence-corrected chi connectivity index (χ0v) is 17.7. The number of aromatic nitrogens is 1. The summed E-state index contributed by atoms with van der Waals surface area (Å²) in [6, 6.07) is 5.58. The van der Waals surface area contributed by atoms with E-state index in [1.165, 1.54) is 14.1 Å². The van der Waals surface area contributed by atoms with Crippen LogP contribution in [0, 0.1) is 12.8 Å². The van der Waals surface area contributed by atoms with Crippen LogP contribution in [-0.2, 0) is 17.1 Å². The van der Waals surface area contributed by atoms with Gasteiger partial charge in [-0.25, -0.2) is 12.7 Å². The fourth-order valence-corrected chi connectivity index (χ4v) is 4.88. The summed E-state index contributed by atoms with van der Waals surface area (Å²) in [5.74, 6) is -0.252. The summed E-state index contributed by atoms with van der Waals surface area (Å²) in [5, 5.41) is 11.1. The Labute approximate surface area is 165 Å². The fourth-order valence-electron chi connectivity index (χ4n) is 3.71. The van der Waals surface area contributed by atoms with Crippen LogP contribution in [0.4, 0.5) is 0 Å². The van der Waals surface area contributed by atoms with Crippen molar-refractivity contribution < 1.29 is 23.1 Å². The summed E-state index contributed by atoms with van der Waals surface area (Å²) in [5.41, 5.74) is 2.28. The van der Waals surface area contributed by atoms with Gasteiger partial charge in [-0.1, -0.05) is 0 Å². The van der Waals surface area contributed by atoms with Crippen LogP contribution in [0.5, 0.6) is 5.75 Å². The van der Waals surface area contributed by atoms with Gasteiger partial charge in [-0.3, -0.25) is 4.79 Å². The first-order valence-electron chi connectivity index (χ1n) is 9.07. The molecule has 1 fully saturated rings. The van der Waals surface area contributed by atoms with Crippen LogP contribution < -0.4 is 4.74 Å². The largest absolute Gasteiger partial charge is 0.497 e. The Morgan fingerprint density at radius 2 is 2.00 bits per heavy atom. The minimum Gasteiger partial charge on any atom is -0.497 e. The molecule has 2 atom stereocenters. The normalized spacial score (nSPS) is 20.3. The maximum absolute atomic E-state index is 13.3. The van der Waals surface area contributed by atoms with Gasteiger partial charge < -0.3 is 19.3 Å². The van der Waals surface area contributed by atoms with Gasteiger partial charge in [-0.15, -0.1) is 0 Å². The van der Waals surface area contributed by atoms with Crippen molar-refractivity contribution in [1.29, 1.82) is 0 Å². The van der Waals surface area contributed by atoms with E-state index < -0.39 is 22.0 Å². The minimum atomic E-state index is -3.46. The number of hydrogen-bond acceptors (Lipinski definition) is 5. The van der Waals surface area contributed by atoms with Crippen molar-refractivity contribution in [3.63, 3.8) is 0 Å². The quantitative estimate of drug-likeness (QED) is 0.789. The highest BCUT2D eigenvalue weighted by molar-refractivity contribution is 7.89. The molecule has 0 bridgehead atoms. The Morgan fingerprint density at radius 1 is 1.32 bits per heavy atom. The summed E-state index contributed by atoms with van der Waals surface area (Å²) >= 11 is 0. The molecule has 2 aromatic rings. The average Bonchev–Trinajstić information content (AvgIpc) is 3.11. The van der Waals surface area contributed by atoms with E-state index in [1.54, 1.807) is 12.0 Å². The van der Waals surface area contributed by atoms with Crippen molar-refractivity contribution in [2.75, 3.05) is 40.0 Å². The lowest BCUT2D eigenvalue weighted by atomic mass is 10.1. The number of ether oxygens (including phenoxy) is 1. The molecule has 1 aliphatic heterocycles. The zero-order valence-electron chi connectivity index (χ0n) is 16.8. The van der Waals surface area contributed by atoms with Gasteiger partial charge in [0.25, 0.3) is 5.91 Å². The molecule has 154 valence electrons. The van der Waals surface area contributed by atoms with Crippen LogP contribution in [0.1, 0.15) is 16.1 Å². The van der Waals surface area contributed by atoms with Crippen LogP contribution in [0.25, 0.3) is 10.9 Å². The molecule has 0 radical (unpaired) electrons. The molecule has 1 amide bonds. The molecule has 28 heavy (non-hydrogen) atoms. The highest BCUT2D eigenvalue weighted by atomic mass is 32.2. The number of hydrogen-bond donors (Lipinski definition) is 1. The number of nitrogens with zero attached hydrogens (tertiary/aromatic N) is 3. The maximum Gasteiger partial charge on any atom is 0.256 e. The second-order valence-corrected chi connectivity index (χ2v) is 9.73. The third-order valence-corrected chi connectivity index (χ3v) is 7.55. The lowest BCUT2D eigenvalue weighted by Gasteiger charge is -2.18. The fraction of sp³-hybridized carbons (Fsp3) is 0.526. The smallest absolute Gasteiger partial charge is 0.256 e. The molecule has 1 saturated heterocycles. The van der Waals surface area contributed by atoms with Gasteiger partial charge in [0.05, 0.1) is 24.5 Å². The van der Waals surface area contributed by atoms with E-state index in [1.807, 2.05) is 36.7 Å². The summed E-state index contributed by atoms with van der Waals surface area (Å²) < 4.78 is 32.7. The number of fused-ring (bicyclic) bond motifs is 1. The number of aryl methyl sites for hydroxylation is 1. The Morgan fingerprint density at radius 3 is 2.61 bits per heavy atom. The maximum atomic E-state index is 13.3. The summed E-state index contributed by atoms with van der Waals surface area (Å²) in [7, 11) is 2.94. The van der Waals surface area contributed by atoms with Crippen molar-refractivity contribution >= 4 is 26.8 Å². The molecule has 1 N–H and O–H groups in total. The van der Waals surface area contributed by atoms with Gasteiger partial charge in [-0.2, -0.15) is 0 Å². The minimum absolute atomic E-state index is 0.117. The molecular weight excluding hydrogens is 382 g/mol. The molecule has 9 heteroatoms. The first-order chi connectivity index (χ1) is 13.1. The first kappa shape index (κ1) is 20.6. The SMILES string of the molecule is COc1ccc2c(c1)c(C(=O)N1C[C@@H](CS(=O)(=O)N(C)C)[C@@H](O)C1)c(C)n2C. The monoisotopic (exact) mass is 409 g/mol. The number of carbonyl (C=O) groups is 1. The number of carbonyl (C=O) groups excluding carboxylic acids is 1. The molecule has 2 heterocycles. The number of sulfonamides is 1.